The van der Waals surface area contributed by atoms with Gasteiger partial charge in [0.1, 0.15) is 5.76 Å². The Hall–Kier alpha value is -1.06. The molecule has 0 radical (unpaired) electrons. The summed E-state index contributed by atoms with van der Waals surface area (Å²) in [7, 11) is 0. The van der Waals surface area contributed by atoms with Crippen LogP contribution in [0.4, 0.5) is 0 Å². The summed E-state index contributed by atoms with van der Waals surface area (Å²) in [6.45, 7) is 3.14. The van der Waals surface area contributed by atoms with Gasteiger partial charge in [-0.2, -0.15) is 0 Å². The fourth-order valence-corrected chi connectivity index (χ4v) is 4.67. The Morgan fingerprint density at radius 3 is 2.95 bits per heavy atom. The lowest BCUT2D eigenvalue weighted by atomic mass is 9.92. The lowest BCUT2D eigenvalue weighted by Gasteiger charge is -2.16. The highest BCUT2D eigenvalue weighted by atomic mass is 79.9. The molecule has 1 aromatic heterocycles. The van der Waals surface area contributed by atoms with Crippen LogP contribution in [0.15, 0.2) is 45.5 Å². The molecule has 110 valence electrons. The van der Waals surface area contributed by atoms with E-state index in [9.17, 15) is 0 Å². The first-order chi connectivity index (χ1) is 10.3. The molecule has 0 saturated heterocycles. The summed E-state index contributed by atoms with van der Waals surface area (Å²) in [6.07, 6.45) is 4.32. The zero-order valence-electron chi connectivity index (χ0n) is 12.2. The van der Waals surface area contributed by atoms with E-state index >= 15 is 0 Å². The van der Waals surface area contributed by atoms with Crippen molar-refractivity contribution in [3.63, 3.8) is 0 Å². The van der Waals surface area contributed by atoms with Crippen LogP contribution in [-0.4, -0.2) is 6.54 Å². The van der Waals surface area contributed by atoms with Crippen LogP contribution in [-0.2, 0) is 6.42 Å². The topological polar surface area (TPSA) is 25.2 Å². The molecule has 0 bridgehead atoms. The van der Waals surface area contributed by atoms with E-state index in [-0.39, 0.29) is 0 Å². The molecule has 4 atom stereocenters. The molecule has 2 nitrogen and oxygen atoms in total. The molecule has 1 N–H and O–H groups in total. The van der Waals surface area contributed by atoms with Gasteiger partial charge in [0.05, 0.1) is 16.8 Å². The molecule has 2 aliphatic rings. The third-order valence-electron chi connectivity index (χ3n) is 5.13. The molecule has 1 fully saturated rings. The SMILES string of the molecule is CCNC(c1occc1Br)C1C2CCc3ccccc3C21. The molecule has 1 heterocycles. The molecule has 1 saturated carbocycles. The van der Waals surface area contributed by atoms with Crippen molar-refractivity contribution in [2.75, 3.05) is 6.54 Å². The Bertz CT molecular complexity index is 650. The zero-order valence-corrected chi connectivity index (χ0v) is 13.8. The molecular weight excluding hydrogens is 326 g/mol. The minimum absolute atomic E-state index is 0.320. The van der Waals surface area contributed by atoms with Gasteiger partial charge >= 0.3 is 0 Å². The molecule has 0 amide bonds. The molecule has 3 heteroatoms. The van der Waals surface area contributed by atoms with Gasteiger partial charge < -0.3 is 9.73 Å². The van der Waals surface area contributed by atoms with E-state index in [1.165, 1.54) is 12.8 Å². The maximum absolute atomic E-state index is 5.76. The third kappa shape index (κ3) is 2.18. The summed E-state index contributed by atoms with van der Waals surface area (Å²) >= 11 is 3.63. The van der Waals surface area contributed by atoms with Gasteiger partial charge in [0, 0.05) is 0 Å². The molecule has 1 aromatic carbocycles. The summed E-state index contributed by atoms with van der Waals surface area (Å²) < 4.78 is 6.85. The summed E-state index contributed by atoms with van der Waals surface area (Å²) in [4.78, 5) is 0. The Labute approximate surface area is 134 Å². The standard InChI is InChI=1S/C18H20BrNO/c1-2-20-17(18-14(19)9-10-21-18)16-13-8-7-11-5-3-4-6-12(11)15(13)16/h3-6,9-10,13,15-17,20H,2,7-8H2,1H3. The van der Waals surface area contributed by atoms with Crippen LogP contribution >= 0.6 is 15.9 Å². The predicted octanol–water partition coefficient (Wildman–Crippen LogP) is 4.67. The van der Waals surface area contributed by atoms with Crippen LogP contribution in [0.5, 0.6) is 0 Å². The highest BCUT2D eigenvalue weighted by Crippen LogP contribution is 2.64. The normalized spacial score (nSPS) is 27.8. The number of nitrogens with one attached hydrogen (secondary N) is 1. The Morgan fingerprint density at radius 2 is 2.19 bits per heavy atom. The van der Waals surface area contributed by atoms with E-state index in [1.807, 2.05) is 6.07 Å². The largest absolute Gasteiger partial charge is 0.466 e. The highest BCUT2D eigenvalue weighted by molar-refractivity contribution is 9.10. The second-order valence-electron chi connectivity index (χ2n) is 6.17. The lowest BCUT2D eigenvalue weighted by Crippen LogP contribution is -2.23. The number of halogens is 1. The van der Waals surface area contributed by atoms with Gasteiger partial charge in [0.15, 0.2) is 0 Å². The minimum Gasteiger partial charge on any atom is -0.466 e. The average Bonchev–Trinajstić information content (AvgIpc) is 3.10. The number of benzene rings is 1. The predicted molar refractivity (Wildman–Crippen MR) is 87.3 cm³/mol. The van der Waals surface area contributed by atoms with Gasteiger partial charge in [-0.15, -0.1) is 0 Å². The molecule has 2 aromatic rings. The molecule has 4 rings (SSSR count). The van der Waals surface area contributed by atoms with Gasteiger partial charge in [-0.1, -0.05) is 31.2 Å². The van der Waals surface area contributed by atoms with Crippen molar-refractivity contribution in [1.29, 1.82) is 0 Å². The van der Waals surface area contributed by atoms with Crippen molar-refractivity contribution in [1.82, 2.24) is 5.32 Å². The Morgan fingerprint density at radius 1 is 1.33 bits per heavy atom. The van der Waals surface area contributed by atoms with Gasteiger partial charge in [-0.05, 0) is 70.3 Å². The average molecular weight is 346 g/mol. The quantitative estimate of drug-likeness (QED) is 0.870. The maximum Gasteiger partial charge on any atom is 0.135 e. The molecule has 4 unspecified atom stereocenters. The number of aryl methyl sites for hydroxylation is 1. The van der Waals surface area contributed by atoms with Gasteiger partial charge in [0.2, 0.25) is 0 Å². The van der Waals surface area contributed by atoms with E-state index in [0.29, 0.717) is 17.9 Å². The minimum atomic E-state index is 0.320. The van der Waals surface area contributed by atoms with Crippen LogP contribution < -0.4 is 5.32 Å². The van der Waals surface area contributed by atoms with Crippen LogP contribution in [0.25, 0.3) is 0 Å². The first-order valence-electron chi connectivity index (χ1n) is 7.85. The van der Waals surface area contributed by atoms with Gasteiger partial charge in [0.25, 0.3) is 0 Å². The van der Waals surface area contributed by atoms with Crippen molar-refractivity contribution in [2.45, 2.75) is 31.7 Å². The van der Waals surface area contributed by atoms with E-state index in [4.69, 9.17) is 4.42 Å². The summed E-state index contributed by atoms with van der Waals surface area (Å²) in [6, 6.07) is 11.3. The lowest BCUT2D eigenvalue weighted by molar-refractivity contribution is 0.370. The van der Waals surface area contributed by atoms with E-state index in [2.05, 4.69) is 52.4 Å². The number of hydrogen-bond donors (Lipinski definition) is 1. The van der Waals surface area contributed by atoms with Crippen LogP contribution in [0.1, 0.15) is 42.2 Å². The first-order valence-corrected chi connectivity index (χ1v) is 8.64. The van der Waals surface area contributed by atoms with Crippen molar-refractivity contribution >= 4 is 15.9 Å². The number of hydrogen-bond acceptors (Lipinski definition) is 2. The van der Waals surface area contributed by atoms with E-state index in [0.717, 1.165) is 22.7 Å². The summed E-state index contributed by atoms with van der Waals surface area (Å²) in [5, 5.41) is 3.65. The fraction of sp³-hybridized carbons (Fsp3) is 0.444. The maximum atomic E-state index is 5.76. The molecule has 2 aliphatic carbocycles. The highest BCUT2D eigenvalue weighted by Gasteiger charge is 2.57. The molecule has 0 spiro atoms. The monoisotopic (exact) mass is 345 g/mol. The van der Waals surface area contributed by atoms with Gasteiger partial charge in [-0.3, -0.25) is 0 Å². The second-order valence-corrected chi connectivity index (χ2v) is 7.03. The Balaban J connectivity index is 1.67. The van der Waals surface area contributed by atoms with Crippen LogP contribution in [0.3, 0.4) is 0 Å². The molecule has 0 aliphatic heterocycles. The van der Waals surface area contributed by atoms with Crippen molar-refractivity contribution < 1.29 is 4.42 Å². The third-order valence-corrected chi connectivity index (χ3v) is 5.78. The van der Waals surface area contributed by atoms with Crippen molar-refractivity contribution in [3.8, 4) is 0 Å². The van der Waals surface area contributed by atoms with Gasteiger partial charge in [-0.25, -0.2) is 0 Å². The fourth-order valence-electron chi connectivity index (χ4n) is 4.23. The smallest absolute Gasteiger partial charge is 0.135 e. The van der Waals surface area contributed by atoms with Crippen molar-refractivity contribution in [3.05, 3.63) is 58.0 Å². The molecular formula is C18H20BrNO. The number of fused-ring (bicyclic) bond motifs is 3. The van der Waals surface area contributed by atoms with E-state index in [1.54, 1.807) is 17.4 Å². The summed E-state index contributed by atoms with van der Waals surface area (Å²) in [5.41, 5.74) is 3.12. The summed E-state index contributed by atoms with van der Waals surface area (Å²) in [5.74, 6) is 3.24. The number of rotatable bonds is 4. The zero-order chi connectivity index (χ0) is 14.4. The van der Waals surface area contributed by atoms with Crippen LogP contribution in [0.2, 0.25) is 0 Å². The first kappa shape index (κ1) is 13.6. The van der Waals surface area contributed by atoms with Crippen molar-refractivity contribution in [2.24, 2.45) is 11.8 Å². The van der Waals surface area contributed by atoms with Crippen LogP contribution in [0, 0.1) is 11.8 Å². The van der Waals surface area contributed by atoms with E-state index < -0.39 is 0 Å². The molecule has 21 heavy (non-hydrogen) atoms. The Kier molecular flexibility index (Phi) is 3.43. The second kappa shape index (κ2) is 5.29. The number of furan rings is 1.